The average molecular weight is 869 g/mol. The molecular weight excluding hydrogens is 821 g/mol. The first-order chi connectivity index (χ1) is 33.7. The maximum absolute atomic E-state index is 2.36. The van der Waals surface area contributed by atoms with Crippen LogP contribution < -0.4 is 9.80 Å². The van der Waals surface area contributed by atoms with E-state index in [9.17, 15) is 0 Å². The highest BCUT2D eigenvalue weighted by molar-refractivity contribution is 5.85. The quantitative estimate of drug-likeness (QED) is 0.121. The molecular formula is C66H48N2. The highest BCUT2D eigenvalue weighted by atomic mass is 15.1. The molecule has 11 aromatic rings. The molecule has 0 aromatic heterocycles. The van der Waals surface area contributed by atoms with Gasteiger partial charge in [0.05, 0.1) is 0 Å². The summed E-state index contributed by atoms with van der Waals surface area (Å²) in [5, 5.41) is 0. The van der Waals surface area contributed by atoms with Crippen molar-refractivity contribution in [2.24, 2.45) is 0 Å². The van der Waals surface area contributed by atoms with Crippen molar-refractivity contribution in [2.45, 2.75) is 0 Å². The lowest BCUT2D eigenvalue weighted by atomic mass is 9.99. The van der Waals surface area contributed by atoms with Gasteiger partial charge in [-0.3, -0.25) is 0 Å². The first-order valence-corrected chi connectivity index (χ1v) is 23.2. The fraction of sp³-hybridized carbons (Fsp3) is 0. The maximum Gasteiger partial charge on any atom is 0.0467 e. The van der Waals surface area contributed by atoms with Crippen LogP contribution in [0.2, 0.25) is 0 Å². The summed E-state index contributed by atoms with van der Waals surface area (Å²) in [6.45, 7) is 0. The van der Waals surface area contributed by atoms with Crippen molar-refractivity contribution in [3.8, 4) is 66.8 Å². The topological polar surface area (TPSA) is 6.48 Å². The Morgan fingerprint density at radius 3 is 0.559 bits per heavy atom. The molecule has 0 amide bonds. The van der Waals surface area contributed by atoms with Crippen molar-refractivity contribution >= 4 is 34.1 Å². The number of rotatable bonds is 12. The van der Waals surface area contributed by atoms with E-state index in [1.54, 1.807) is 0 Å². The second-order valence-electron chi connectivity index (χ2n) is 17.0. The molecule has 68 heavy (non-hydrogen) atoms. The van der Waals surface area contributed by atoms with Gasteiger partial charge in [0.2, 0.25) is 0 Å². The third-order valence-electron chi connectivity index (χ3n) is 12.6. The fourth-order valence-electron chi connectivity index (χ4n) is 9.18. The lowest BCUT2D eigenvalue weighted by Gasteiger charge is -2.27. The second-order valence-corrected chi connectivity index (χ2v) is 17.0. The van der Waals surface area contributed by atoms with Crippen LogP contribution in [0.1, 0.15) is 0 Å². The van der Waals surface area contributed by atoms with Crippen molar-refractivity contribution in [1.29, 1.82) is 0 Å². The van der Waals surface area contributed by atoms with Crippen LogP contribution >= 0.6 is 0 Å². The largest absolute Gasteiger partial charge is 0.310 e. The predicted octanol–water partition coefficient (Wildman–Crippen LogP) is 18.6. The number of hydrogen-bond donors (Lipinski definition) is 0. The zero-order valence-corrected chi connectivity index (χ0v) is 37.6. The van der Waals surface area contributed by atoms with E-state index in [2.05, 4.69) is 301 Å². The minimum Gasteiger partial charge on any atom is -0.310 e. The summed E-state index contributed by atoms with van der Waals surface area (Å²) in [4.78, 5) is 4.72. The summed E-state index contributed by atoms with van der Waals surface area (Å²) in [5.41, 5.74) is 20.7. The zero-order valence-electron chi connectivity index (χ0n) is 37.6. The molecule has 11 rings (SSSR count). The predicted molar refractivity (Wildman–Crippen MR) is 288 cm³/mol. The van der Waals surface area contributed by atoms with E-state index in [-0.39, 0.29) is 0 Å². The molecule has 0 saturated heterocycles. The number of anilines is 6. The lowest BCUT2D eigenvalue weighted by molar-refractivity contribution is 1.28. The van der Waals surface area contributed by atoms with Gasteiger partial charge < -0.3 is 9.80 Å². The molecule has 0 aliphatic rings. The monoisotopic (exact) mass is 868 g/mol. The van der Waals surface area contributed by atoms with Crippen LogP contribution in [0.5, 0.6) is 0 Å². The molecule has 322 valence electrons. The maximum atomic E-state index is 2.36. The van der Waals surface area contributed by atoms with Crippen LogP contribution in [-0.2, 0) is 0 Å². The van der Waals surface area contributed by atoms with Gasteiger partial charge in [-0.2, -0.15) is 0 Å². The van der Waals surface area contributed by atoms with Crippen molar-refractivity contribution < 1.29 is 0 Å². The summed E-state index contributed by atoms with van der Waals surface area (Å²) < 4.78 is 0. The molecule has 2 nitrogen and oxygen atoms in total. The minimum absolute atomic E-state index is 1.09. The Morgan fingerprint density at radius 2 is 0.324 bits per heavy atom. The van der Waals surface area contributed by atoms with E-state index < -0.39 is 0 Å². The van der Waals surface area contributed by atoms with Crippen LogP contribution in [0.3, 0.4) is 0 Å². The smallest absolute Gasteiger partial charge is 0.0467 e. The number of nitrogens with zero attached hydrogens (tertiary/aromatic N) is 2. The average Bonchev–Trinajstić information content (AvgIpc) is 3.43. The van der Waals surface area contributed by atoms with Crippen molar-refractivity contribution in [3.05, 3.63) is 291 Å². The standard InChI is InChI=1S/C66H48N2/c1-5-17-49(18-6-1)57-25-13-29-63(45-57)67(64-30-14-26-58(46-64)50-19-7-2-8-20-50)61-41-37-55(38-42-61)53-33-35-54(36-34-53)56-39-43-62(44-40-56)68(65-31-15-27-59(47-65)51-21-9-3-10-22-51)66-32-16-28-60(48-66)52-23-11-4-12-24-52/h1-48H. The van der Waals surface area contributed by atoms with Gasteiger partial charge in [0.25, 0.3) is 0 Å². The van der Waals surface area contributed by atoms with Crippen LogP contribution in [0.4, 0.5) is 34.1 Å². The van der Waals surface area contributed by atoms with E-state index in [0.29, 0.717) is 0 Å². The second kappa shape index (κ2) is 19.2. The third-order valence-corrected chi connectivity index (χ3v) is 12.6. The Morgan fingerprint density at radius 1 is 0.132 bits per heavy atom. The Bertz CT molecular complexity index is 3000. The molecule has 0 radical (unpaired) electrons. The Kier molecular flexibility index (Phi) is 11.8. The molecule has 0 fully saturated rings. The van der Waals surface area contributed by atoms with Gasteiger partial charge in [0.1, 0.15) is 0 Å². The van der Waals surface area contributed by atoms with Gasteiger partial charge in [0, 0.05) is 34.1 Å². The summed E-state index contributed by atoms with van der Waals surface area (Å²) in [5.74, 6) is 0. The summed E-state index contributed by atoms with van der Waals surface area (Å²) in [7, 11) is 0. The summed E-state index contributed by atoms with van der Waals surface area (Å²) in [6.07, 6.45) is 0. The van der Waals surface area contributed by atoms with Gasteiger partial charge in [-0.15, -0.1) is 0 Å². The van der Waals surface area contributed by atoms with Gasteiger partial charge in [-0.25, -0.2) is 0 Å². The number of benzene rings is 11. The highest BCUT2D eigenvalue weighted by Gasteiger charge is 2.17. The summed E-state index contributed by atoms with van der Waals surface area (Å²) >= 11 is 0. The molecule has 0 aliphatic carbocycles. The molecule has 0 atom stereocenters. The Labute approximate surface area is 400 Å². The Hall–Kier alpha value is -8.98. The molecule has 11 aromatic carbocycles. The van der Waals surface area contributed by atoms with Crippen molar-refractivity contribution in [2.75, 3.05) is 9.80 Å². The SMILES string of the molecule is c1ccc(-c2cccc(N(c3ccc(-c4ccc(-c5ccc(N(c6cccc(-c7ccccc7)c6)c6cccc(-c7ccccc7)c6)cc5)cc4)cc3)c3cccc(-c4ccccc4)c3)c2)cc1. The Balaban J connectivity index is 0.887. The molecule has 0 spiro atoms. The van der Waals surface area contributed by atoms with E-state index in [1.165, 1.54) is 55.6 Å². The summed E-state index contributed by atoms with van der Waals surface area (Å²) in [6, 6.07) is 105. The van der Waals surface area contributed by atoms with Gasteiger partial charge in [-0.05, 0) is 140 Å². The minimum atomic E-state index is 1.09. The lowest BCUT2D eigenvalue weighted by Crippen LogP contribution is -2.10. The van der Waals surface area contributed by atoms with Gasteiger partial charge in [-0.1, -0.05) is 218 Å². The molecule has 0 unspecified atom stereocenters. The molecule has 0 N–H and O–H groups in total. The van der Waals surface area contributed by atoms with Crippen LogP contribution in [0, 0.1) is 0 Å². The van der Waals surface area contributed by atoms with E-state index >= 15 is 0 Å². The van der Waals surface area contributed by atoms with E-state index in [0.717, 1.165) is 45.3 Å². The normalized spacial score (nSPS) is 10.9. The molecule has 2 heteroatoms. The number of hydrogen-bond acceptors (Lipinski definition) is 2. The van der Waals surface area contributed by atoms with E-state index in [1.807, 2.05) is 0 Å². The molecule has 0 aliphatic heterocycles. The highest BCUT2D eigenvalue weighted by Crippen LogP contribution is 2.41. The van der Waals surface area contributed by atoms with Gasteiger partial charge in [0.15, 0.2) is 0 Å². The first-order valence-electron chi connectivity index (χ1n) is 23.2. The first kappa shape index (κ1) is 41.7. The molecule has 0 heterocycles. The van der Waals surface area contributed by atoms with E-state index in [4.69, 9.17) is 0 Å². The van der Waals surface area contributed by atoms with Crippen LogP contribution in [-0.4, -0.2) is 0 Å². The van der Waals surface area contributed by atoms with Crippen LogP contribution in [0.25, 0.3) is 66.8 Å². The van der Waals surface area contributed by atoms with Gasteiger partial charge >= 0.3 is 0 Å². The van der Waals surface area contributed by atoms with Crippen molar-refractivity contribution in [1.82, 2.24) is 0 Å². The molecule has 0 saturated carbocycles. The van der Waals surface area contributed by atoms with Crippen molar-refractivity contribution in [3.63, 3.8) is 0 Å². The third kappa shape index (κ3) is 9.00. The fourth-order valence-corrected chi connectivity index (χ4v) is 9.18. The van der Waals surface area contributed by atoms with Crippen LogP contribution in [0.15, 0.2) is 291 Å². The molecule has 0 bridgehead atoms. The zero-order chi connectivity index (χ0) is 45.5.